The molecule has 0 unspecified atom stereocenters. The molecule has 0 spiro atoms. The summed E-state index contributed by atoms with van der Waals surface area (Å²) < 4.78 is 5.31. The van der Waals surface area contributed by atoms with Gasteiger partial charge in [-0.25, -0.2) is 4.98 Å². The largest absolute Gasteiger partial charge is 0.445 e. The summed E-state index contributed by atoms with van der Waals surface area (Å²) in [5.41, 5.74) is 8.46. The molecule has 1 aromatic carbocycles. The van der Waals surface area contributed by atoms with E-state index in [0.717, 1.165) is 11.1 Å². The molecule has 0 aliphatic rings. The number of hydrogen-bond acceptors (Lipinski definition) is 4. The number of carbonyl (C=O) groups is 1. The zero-order valence-electron chi connectivity index (χ0n) is 12.6. The Morgan fingerprint density at radius 2 is 2.19 bits per heavy atom. The Morgan fingerprint density at radius 1 is 1.43 bits per heavy atom. The molecule has 0 aliphatic carbocycles. The third-order valence-electron chi connectivity index (χ3n) is 3.23. The van der Waals surface area contributed by atoms with Crippen LogP contribution in [0.3, 0.4) is 0 Å². The van der Waals surface area contributed by atoms with Crippen LogP contribution in [0.5, 0.6) is 0 Å². The van der Waals surface area contributed by atoms with Crippen molar-refractivity contribution >= 4 is 11.6 Å². The van der Waals surface area contributed by atoms with Gasteiger partial charge in [-0.15, -0.1) is 0 Å². The van der Waals surface area contributed by atoms with Crippen LogP contribution in [0, 0.1) is 12.8 Å². The zero-order chi connectivity index (χ0) is 15.4. The molecule has 1 aromatic heterocycles. The van der Waals surface area contributed by atoms with E-state index in [0.29, 0.717) is 23.9 Å². The molecule has 0 aliphatic heterocycles. The summed E-state index contributed by atoms with van der Waals surface area (Å²) in [7, 11) is 0. The van der Waals surface area contributed by atoms with Crippen LogP contribution < -0.4 is 11.1 Å². The van der Waals surface area contributed by atoms with E-state index in [1.807, 2.05) is 39.0 Å². The van der Waals surface area contributed by atoms with Crippen molar-refractivity contribution in [1.82, 2.24) is 4.98 Å². The fourth-order valence-corrected chi connectivity index (χ4v) is 2.14. The number of nitrogens with two attached hydrogens (primary N) is 1. The minimum atomic E-state index is -0.503. The molecular weight excluding hydrogens is 266 g/mol. The van der Waals surface area contributed by atoms with Gasteiger partial charge in [-0.2, -0.15) is 0 Å². The lowest BCUT2D eigenvalue weighted by Crippen LogP contribution is -2.36. The zero-order valence-corrected chi connectivity index (χ0v) is 12.6. The Bertz CT molecular complexity index is 606. The van der Waals surface area contributed by atoms with Crippen LogP contribution >= 0.6 is 0 Å². The quantitative estimate of drug-likeness (QED) is 0.885. The molecule has 1 atom stereocenters. The summed E-state index contributed by atoms with van der Waals surface area (Å²) in [6, 6.07) is 5.11. The van der Waals surface area contributed by atoms with E-state index in [1.165, 1.54) is 6.26 Å². The van der Waals surface area contributed by atoms with E-state index in [9.17, 15) is 4.79 Å². The first kappa shape index (κ1) is 15.3. The number of rotatable bonds is 5. The maximum Gasteiger partial charge on any atom is 0.241 e. The highest BCUT2D eigenvalue weighted by atomic mass is 16.3. The second-order valence-electron chi connectivity index (χ2n) is 5.59. The summed E-state index contributed by atoms with van der Waals surface area (Å²) in [4.78, 5) is 16.2. The van der Waals surface area contributed by atoms with Crippen LogP contribution in [0.2, 0.25) is 0 Å². The Labute approximate surface area is 124 Å². The first-order chi connectivity index (χ1) is 9.97. The van der Waals surface area contributed by atoms with Crippen molar-refractivity contribution in [2.24, 2.45) is 11.7 Å². The summed E-state index contributed by atoms with van der Waals surface area (Å²) in [5.74, 6) is 0.743. The average Bonchev–Trinajstić information content (AvgIpc) is 2.94. The standard InChI is InChI=1S/C16H21N3O2/c1-10(2)8-14(17)15(20)19-12-5-4-11(3)13(9-12)16-18-6-7-21-16/h4-7,9-10,14H,8,17H2,1-3H3,(H,19,20)/t14-/m0/s1. The predicted molar refractivity (Wildman–Crippen MR) is 82.7 cm³/mol. The van der Waals surface area contributed by atoms with Gasteiger partial charge < -0.3 is 15.5 Å². The van der Waals surface area contributed by atoms with E-state index < -0.39 is 6.04 Å². The van der Waals surface area contributed by atoms with E-state index in [2.05, 4.69) is 10.3 Å². The number of hydrogen-bond donors (Lipinski definition) is 2. The molecular formula is C16H21N3O2. The lowest BCUT2D eigenvalue weighted by Gasteiger charge is -2.15. The number of aryl methyl sites for hydroxylation is 1. The Balaban J connectivity index is 2.15. The summed E-state index contributed by atoms with van der Waals surface area (Å²) >= 11 is 0. The highest BCUT2D eigenvalue weighted by Gasteiger charge is 2.16. The van der Waals surface area contributed by atoms with Crippen molar-refractivity contribution in [1.29, 1.82) is 0 Å². The highest BCUT2D eigenvalue weighted by molar-refractivity contribution is 5.95. The summed E-state index contributed by atoms with van der Waals surface area (Å²) in [6.07, 6.45) is 3.78. The van der Waals surface area contributed by atoms with Crippen LogP contribution in [0.4, 0.5) is 5.69 Å². The molecule has 3 N–H and O–H groups in total. The molecule has 0 saturated heterocycles. The molecule has 0 fully saturated rings. The summed E-state index contributed by atoms with van der Waals surface area (Å²) in [6.45, 7) is 6.05. The average molecular weight is 287 g/mol. The maximum absolute atomic E-state index is 12.1. The van der Waals surface area contributed by atoms with E-state index in [4.69, 9.17) is 10.2 Å². The molecule has 5 heteroatoms. The smallest absolute Gasteiger partial charge is 0.241 e. The topological polar surface area (TPSA) is 81.2 Å². The van der Waals surface area contributed by atoms with Gasteiger partial charge in [0.05, 0.1) is 12.2 Å². The van der Waals surface area contributed by atoms with Crippen LogP contribution in [0.25, 0.3) is 11.5 Å². The second-order valence-corrected chi connectivity index (χ2v) is 5.59. The number of nitrogens with zero attached hydrogens (tertiary/aromatic N) is 1. The minimum Gasteiger partial charge on any atom is -0.445 e. The molecule has 2 rings (SSSR count). The van der Waals surface area contributed by atoms with Gasteiger partial charge in [0.25, 0.3) is 0 Å². The number of nitrogens with one attached hydrogen (secondary N) is 1. The molecule has 2 aromatic rings. The SMILES string of the molecule is Cc1ccc(NC(=O)[C@@H](N)CC(C)C)cc1-c1ncco1. The van der Waals surface area contributed by atoms with Crippen molar-refractivity contribution in [3.8, 4) is 11.5 Å². The molecule has 0 saturated carbocycles. The van der Waals surface area contributed by atoms with E-state index >= 15 is 0 Å². The van der Waals surface area contributed by atoms with E-state index in [-0.39, 0.29) is 5.91 Å². The van der Waals surface area contributed by atoms with Crippen molar-refractivity contribution in [3.63, 3.8) is 0 Å². The van der Waals surface area contributed by atoms with Crippen LogP contribution in [0.1, 0.15) is 25.8 Å². The molecule has 112 valence electrons. The van der Waals surface area contributed by atoms with Crippen molar-refractivity contribution in [2.75, 3.05) is 5.32 Å². The number of benzene rings is 1. The lowest BCUT2D eigenvalue weighted by molar-refractivity contribution is -0.117. The minimum absolute atomic E-state index is 0.175. The highest BCUT2D eigenvalue weighted by Crippen LogP contribution is 2.25. The number of amides is 1. The number of oxazole rings is 1. The first-order valence-corrected chi connectivity index (χ1v) is 7.04. The van der Waals surface area contributed by atoms with Gasteiger partial charge in [0.2, 0.25) is 11.8 Å². The third kappa shape index (κ3) is 3.92. The molecule has 5 nitrogen and oxygen atoms in total. The van der Waals surface area contributed by atoms with Gasteiger partial charge in [-0.3, -0.25) is 4.79 Å². The van der Waals surface area contributed by atoms with Crippen LogP contribution in [-0.4, -0.2) is 16.9 Å². The van der Waals surface area contributed by atoms with Gasteiger partial charge in [0.15, 0.2) is 0 Å². The Kier molecular flexibility index (Phi) is 4.75. The van der Waals surface area contributed by atoms with Crippen molar-refractivity contribution in [3.05, 3.63) is 36.2 Å². The van der Waals surface area contributed by atoms with E-state index in [1.54, 1.807) is 6.20 Å². The first-order valence-electron chi connectivity index (χ1n) is 7.04. The molecule has 0 radical (unpaired) electrons. The van der Waals surface area contributed by atoms with Crippen LogP contribution in [0.15, 0.2) is 35.1 Å². The monoisotopic (exact) mass is 287 g/mol. The van der Waals surface area contributed by atoms with Crippen LogP contribution in [-0.2, 0) is 4.79 Å². The second kappa shape index (κ2) is 6.54. The Hall–Kier alpha value is -2.14. The number of anilines is 1. The van der Waals surface area contributed by atoms with Gasteiger partial charge in [0.1, 0.15) is 6.26 Å². The van der Waals surface area contributed by atoms with Gasteiger partial charge in [-0.1, -0.05) is 19.9 Å². The lowest BCUT2D eigenvalue weighted by atomic mass is 10.0. The molecule has 0 bridgehead atoms. The van der Waals surface area contributed by atoms with Gasteiger partial charge in [-0.05, 0) is 37.0 Å². The maximum atomic E-state index is 12.1. The van der Waals surface area contributed by atoms with Gasteiger partial charge in [0, 0.05) is 11.3 Å². The Morgan fingerprint density at radius 3 is 2.81 bits per heavy atom. The third-order valence-corrected chi connectivity index (χ3v) is 3.23. The molecule has 21 heavy (non-hydrogen) atoms. The van der Waals surface area contributed by atoms with Crippen molar-refractivity contribution < 1.29 is 9.21 Å². The summed E-state index contributed by atoms with van der Waals surface area (Å²) in [5, 5.41) is 2.84. The van der Waals surface area contributed by atoms with Gasteiger partial charge >= 0.3 is 0 Å². The van der Waals surface area contributed by atoms with Crippen molar-refractivity contribution in [2.45, 2.75) is 33.2 Å². The fourth-order valence-electron chi connectivity index (χ4n) is 2.14. The fraction of sp³-hybridized carbons (Fsp3) is 0.375. The molecule has 1 amide bonds. The number of aromatic nitrogens is 1. The molecule has 1 heterocycles. The predicted octanol–water partition coefficient (Wildman–Crippen LogP) is 2.96. The number of carbonyl (C=O) groups excluding carboxylic acids is 1. The normalized spacial score (nSPS) is 12.4.